The Morgan fingerprint density at radius 3 is 2.29 bits per heavy atom. The van der Waals surface area contributed by atoms with Crippen molar-refractivity contribution in [2.75, 3.05) is 0 Å². The fourth-order valence-corrected chi connectivity index (χ4v) is 2.38. The molecule has 0 aliphatic heterocycles. The number of hydrogen-bond donors (Lipinski definition) is 2. The van der Waals surface area contributed by atoms with Gasteiger partial charge in [-0.15, -0.1) is 0 Å². The van der Waals surface area contributed by atoms with Crippen molar-refractivity contribution in [1.82, 2.24) is 0 Å². The van der Waals surface area contributed by atoms with Gasteiger partial charge >= 0.3 is 5.97 Å². The molecule has 0 aromatic rings. The van der Waals surface area contributed by atoms with Gasteiger partial charge in [0.1, 0.15) is 0 Å². The SMILES string of the molecule is CCCCCCC[C@@H](O)/C=C\CCCCCCCC(=O)O. The van der Waals surface area contributed by atoms with Gasteiger partial charge in [-0.1, -0.05) is 70.4 Å². The van der Waals surface area contributed by atoms with Crippen LogP contribution in [0.25, 0.3) is 0 Å². The van der Waals surface area contributed by atoms with E-state index in [4.69, 9.17) is 5.11 Å². The molecule has 1 atom stereocenters. The molecule has 3 heteroatoms. The van der Waals surface area contributed by atoms with E-state index in [0.717, 1.165) is 51.4 Å². The average molecular weight is 298 g/mol. The molecule has 0 bridgehead atoms. The molecule has 0 saturated carbocycles. The standard InChI is InChI=1S/C18H34O3/c1-2-3-4-8-11-14-17(19)15-12-9-6-5-7-10-13-16-18(20)21/h12,15,17,19H,2-11,13-14,16H2,1H3,(H,20,21)/b15-12-/t17-/m1/s1. The lowest BCUT2D eigenvalue weighted by Gasteiger charge is -2.05. The molecule has 3 nitrogen and oxygen atoms in total. The van der Waals surface area contributed by atoms with E-state index in [-0.39, 0.29) is 6.10 Å². The number of rotatable bonds is 15. The number of carbonyl (C=O) groups is 1. The second-order valence-electron chi connectivity index (χ2n) is 5.90. The number of allylic oxidation sites excluding steroid dienone is 1. The first-order valence-electron chi connectivity index (χ1n) is 8.73. The summed E-state index contributed by atoms with van der Waals surface area (Å²) in [5.74, 6) is -0.693. The molecule has 0 spiro atoms. The van der Waals surface area contributed by atoms with Gasteiger partial charge in [0.2, 0.25) is 0 Å². The van der Waals surface area contributed by atoms with Gasteiger partial charge in [-0.05, 0) is 25.7 Å². The highest BCUT2D eigenvalue weighted by atomic mass is 16.4. The van der Waals surface area contributed by atoms with Crippen molar-refractivity contribution in [2.45, 2.75) is 96.5 Å². The number of unbranched alkanes of at least 4 members (excludes halogenated alkanes) is 9. The van der Waals surface area contributed by atoms with Gasteiger partial charge in [0.05, 0.1) is 6.10 Å². The normalized spacial score (nSPS) is 12.9. The van der Waals surface area contributed by atoms with Crippen LogP contribution in [0.15, 0.2) is 12.2 Å². The molecule has 0 radical (unpaired) electrons. The number of hydrogen-bond acceptors (Lipinski definition) is 2. The highest BCUT2D eigenvalue weighted by molar-refractivity contribution is 5.66. The van der Waals surface area contributed by atoms with Gasteiger partial charge in [0.25, 0.3) is 0 Å². The van der Waals surface area contributed by atoms with E-state index in [1.165, 1.54) is 25.7 Å². The fourth-order valence-electron chi connectivity index (χ4n) is 2.38. The minimum atomic E-state index is -0.693. The van der Waals surface area contributed by atoms with Gasteiger partial charge in [-0.2, -0.15) is 0 Å². The second-order valence-corrected chi connectivity index (χ2v) is 5.90. The third-order valence-corrected chi connectivity index (χ3v) is 3.72. The molecular formula is C18H34O3. The lowest BCUT2D eigenvalue weighted by Crippen LogP contribution is -2.01. The van der Waals surface area contributed by atoms with Gasteiger partial charge < -0.3 is 10.2 Å². The van der Waals surface area contributed by atoms with Crippen LogP contribution in [0.3, 0.4) is 0 Å². The van der Waals surface area contributed by atoms with Gasteiger partial charge in [-0.3, -0.25) is 4.79 Å². The fraction of sp³-hybridized carbons (Fsp3) is 0.833. The number of carboxylic acid groups (broad SMARTS) is 1. The van der Waals surface area contributed by atoms with E-state index in [1.807, 2.05) is 6.08 Å². The van der Waals surface area contributed by atoms with Crippen molar-refractivity contribution in [1.29, 1.82) is 0 Å². The van der Waals surface area contributed by atoms with Crippen molar-refractivity contribution in [3.8, 4) is 0 Å². The molecule has 0 heterocycles. The Hall–Kier alpha value is -0.830. The summed E-state index contributed by atoms with van der Waals surface area (Å²) >= 11 is 0. The first-order chi connectivity index (χ1) is 10.2. The number of carboxylic acids is 1. The molecule has 0 fully saturated rings. The molecule has 2 N–H and O–H groups in total. The van der Waals surface area contributed by atoms with Crippen LogP contribution in [0.1, 0.15) is 90.4 Å². The molecule has 0 aromatic heterocycles. The van der Waals surface area contributed by atoms with Crippen molar-refractivity contribution in [2.24, 2.45) is 0 Å². The van der Waals surface area contributed by atoms with Crippen LogP contribution in [0.2, 0.25) is 0 Å². The first-order valence-corrected chi connectivity index (χ1v) is 8.73. The summed E-state index contributed by atoms with van der Waals surface area (Å²) in [6.07, 6.45) is 17.4. The minimum absolute atomic E-state index is 0.276. The predicted octanol–water partition coefficient (Wildman–Crippen LogP) is 5.08. The van der Waals surface area contributed by atoms with Crippen LogP contribution < -0.4 is 0 Å². The summed E-state index contributed by atoms with van der Waals surface area (Å²) in [6.45, 7) is 2.21. The van der Waals surface area contributed by atoms with E-state index in [2.05, 4.69) is 13.0 Å². The lowest BCUT2D eigenvalue weighted by atomic mass is 10.1. The summed E-state index contributed by atoms with van der Waals surface area (Å²) in [4.78, 5) is 10.3. The molecular weight excluding hydrogens is 264 g/mol. The zero-order valence-electron chi connectivity index (χ0n) is 13.7. The topological polar surface area (TPSA) is 57.5 Å². The van der Waals surface area contributed by atoms with Crippen LogP contribution in [-0.2, 0) is 4.79 Å². The Morgan fingerprint density at radius 2 is 1.57 bits per heavy atom. The minimum Gasteiger partial charge on any atom is -0.481 e. The smallest absolute Gasteiger partial charge is 0.303 e. The zero-order chi connectivity index (χ0) is 15.8. The third kappa shape index (κ3) is 17.1. The van der Waals surface area contributed by atoms with E-state index in [1.54, 1.807) is 0 Å². The van der Waals surface area contributed by atoms with Crippen LogP contribution in [0.4, 0.5) is 0 Å². The molecule has 0 aliphatic carbocycles. The zero-order valence-corrected chi connectivity index (χ0v) is 13.7. The molecule has 0 amide bonds. The maximum Gasteiger partial charge on any atom is 0.303 e. The molecule has 0 aliphatic rings. The largest absolute Gasteiger partial charge is 0.481 e. The van der Waals surface area contributed by atoms with E-state index >= 15 is 0 Å². The van der Waals surface area contributed by atoms with E-state index < -0.39 is 5.97 Å². The highest BCUT2D eigenvalue weighted by Gasteiger charge is 1.99. The van der Waals surface area contributed by atoms with Crippen molar-refractivity contribution in [3.05, 3.63) is 12.2 Å². The predicted molar refractivity (Wildman–Crippen MR) is 88.5 cm³/mol. The molecule has 0 aromatic carbocycles. The molecule has 0 rings (SSSR count). The monoisotopic (exact) mass is 298 g/mol. The van der Waals surface area contributed by atoms with Crippen LogP contribution in [-0.4, -0.2) is 22.3 Å². The van der Waals surface area contributed by atoms with Gasteiger partial charge in [0, 0.05) is 6.42 Å². The summed E-state index contributed by atoms with van der Waals surface area (Å²) in [5.41, 5.74) is 0. The highest BCUT2D eigenvalue weighted by Crippen LogP contribution is 2.10. The van der Waals surface area contributed by atoms with Gasteiger partial charge in [0.15, 0.2) is 0 Å². The number of aliphatic hydroxyl groups excluding tert-OH is 1. The second kappa shape index (κ2) is 15.6. The van der Waals surface area contributed by atoms with Crippen molar-refractivity contribution in [3.63, 3.8) is 0 Å². The van der Waals surface area contributed by atoms with Gasteiger partial charge in [-0.25, -0.2) is 0 Å². The Labute approximate surface area is 130 Å². The number of aliphatic hydroxyl groups is 1. The first kappa shape index (κ1) is 20.2. The Morgan fingerprint density at radius 1 is 0.952 bits per heavy atom. The van der Waals surface area contributed by atoms with Crippen LogP contribution in [0, 0.1) is 0 Å². The third-order valence-electron chi connectivity index (χ3n) is 3.72. The van der Waals surface area contributed by atoms with Crippen molar-refractivity contribution >= 4 is 5.97 Å². The Bertz CT molecular complexity index is 261. The molecule has 124 valence electrons. The van der Waals surface area contributed by atoms with Crippen LogP contribution in [0.5, 0.6) is 0 Å². The summed E-state index contributed by atoms with van der Waals surface area (Å²) in [6, 6.07) is 0. The summed E-state index contributed by atoms with van der Waals surface area (Å²) in [5, 5.41) is 18.3. The maximum absolute atomic E-state index is 10.3. The van der Waals surface area contributed by atoms with E-state index in [0.29, 0.717) is 6.42 Å². The Balaban J connectivity index is 3.28. The summed E-state index contributed by atoms with van der Waals surface area (Å²) in [7, 11) is 0. The summed E-state index contributed by atoms with van der Waals surface area (Å²) < 4.78 is 0. The van der Waals surface area contributed by atoms with Crippen LogP contribution >= 0.6 is 0 Å². The molecule has 21 heavy (non-hydrogen) atoms. The maximum atomic E-state index is 10.3. The average Bonchev–Trinajstić information content (AvgIpc) is 2.45. The van der Waals surface area contributed by atoms with E-state index in [9.17, 15) is 9.90 Å². The van der Waals surface area contributed by atoms with Crippen molar-refractivity contribution < 1.29 is 15.0 Å². The quantitative estimate of drug-likeness (QED) is 0.327. The number of aliphatic carboxylic acids is 1. The molecule has 0 unspecified atom stereocenters. The lowest BCUT2D eigenvalue weighted by molar-refractivity contribution is -0.137. The molecule has 0 saturated heterocycles. The Kier molecular flexibility index (Phi) is 14.9.